The molecule has 4 rings (SSSR count). The molecule has 0 saturated heterocycles. The predicted molar refractivity (Wildman–Crippen MR) is 102 cm³/mol. The van der Waals surface area contributed by atoms with Crippen LogP contribution in [0.3, 0.4) is 0 Å². The molecule has 1 aromatic heterocycles. The third-order valence-electron chi connectivity index (χ3n) is 4.70. The summed E-state index contributed by atoms with van der Waals surface area (Å²) in [7, 11) is -3.44. The number of benzene rings is 2. The molecule has 0 spiro atoms. The number of aliphatic hydroxyl groups is 1. The van der Waals surface area contributed by atoms with E-state index in [0.29, 0.717) is 11.5 Å². The van der Waals surface area contributed by atoms with Crippen molar-refractivity contribution in [1.29, 1.82) is 0 Å². The Hall–Kier alpha value is -1.77. The summed E-state index contributed by atoms with van der Waals surface area (Å²) in [6, 6.07) is 8.96. The Balaban J connectivity index is 1.83. The van der Waals surface area contributed by atoms with Gasteiger partial charge in [0.05, 0.1) is 21.5 Å². The van der Waals surface area contributed by atoms with Crippen LogP contribution in [-0.4, -0.2) is 34.8 Å². The fourth-order valence-corrected chi connectivity index (χ4v) is 4.70. The average molecular weight is 436 g/mol. The first-order chi connectivity index (χ1) is 12.4. The maximum Gasteiger partial charge on any atom is 0.175 e. The zero-order valence-electron chi connectivity index (χ0n) is 14.2. The zero-order chi connectivity index (χ0) is 18.5. The molecule has 3 aromatic rings. The first-order valence-corrected chi connectivity index (χ1v) is 11.0. The lowest BCUT2D eigenvalue weighted by Gasteiger charge is -2.11. The molecule has 26 heavy (non-hydrogen) atoms. The second-order valence-electron chi connectivity index (χ2n) is 6.76. The van der Waals surface area contributed by atoms with Gasteiger partial charge in [0, 0.05) is 12.8 Å². The number of rotatable bonds is 5. The molecule has 6 nitrogen and oxygen atoms in total. The van der Waals surface area contributed by atoms with Crippen molar-refractivity contribution in [3.05, 3.63) is 40.4 Å². The fraction of sp³-hybridized carbons (Fsp3) is 0.333. The van der Waals surface area contributed by atoms with Crippen LogP contribution in [0.25, 0.3) is 22.2 Å². The minimum atomic E-state index is -3.44. The Morgan fingerprint density at radius 3 is 2.69 bits per heavy atom. The first-order valence-electron chi connectivity index (χ1n) is 8.34. The highest BCUT2D eigenvalue weighted by Gasteiger charge is 2.24. The summed E-state index contributed by atoms with van der Waals surface area (Å²) in [6.45, 7) is 0.560. The molecular weight excluding hydrogens is 418 g/mol. The van der Waals surface area contributed by atoms with Gasteiger partial charge in [-0.2, -0.15) is 0 Å². The normalized spacial score (nSPS) is 14.9. The highest BCUT2D eigenvalue weighted by Crippen LogP contribution is 2.36. The highest BCUT2D eigenvalue weighted by molar-refractivity contribution is 9.10. The molecule has 1 aliphatic carbocycles. The Bertz CT molecular complexity index is 1100. The van der Waals surface area contributed by atoms with E-state index in [4.69, 9.17) is 0 Å². The highest BCUT2D eigenvalue weighted by atomic mass is 79.9. The number of halogens is 1. The second-order valence-corrected chi connectivity index (χ2v) is 9.54. The van der Waals surface area contributed by atoms with Crippen LogP contribution in [-0.2, 0) is 23.0 Å². The molecule has 0 atom stereocenters. The summed E-state index contributed by atoms with van der Waals surface area (Å²) in [5.41, 5.74) is 3.69. The van der Waals surface area contributed by atoms with E-state index < -0.39 is 9.84 Å². The van der Waals surface area contributed by atoms with Crippen LogP contribution in [0.2, 0.25) is 0 Å². The van der Waals surface area contributed by atoms with Gasteiger partial charge in [0.2, 0.25) is 0 Å². The standard InChI is InChI=1S/C18H18BrN3O3S/c1-26(24,25)16-8-12(4-5-13(16)10-23)14-6-7-15-18(17(14)19)20-21-22(15)9-11-2-3-11/h4-8,11,23H,2-3,9-10H2,1H3. The van der Waals surface area contributed by atoms with Crippen LogP contribution in [0.15, 0.2) is 39.7 Å². The number of aliphatic hydroxyl groups excluding tert-OH is 1. The molecule has 1 aliphatic rings. The Kier molecular flexibility index (Phi) is 4.37. The lowest BCUT2D eigenvalue weighted by molar-refractivity contribution is 0.278. The van der Waals surface area contributed by atoms with E-state index in [1.807, 2.05) is 16.8 Å². The van der Waals surface area contributed by atoms with Crippen LogP contribution in [0, 0.1) is 5.92 Å². The molecule has 8 heteroatoms. The number of sulfone groups is 1. The van der Waals surface area contributed by atoms with E-state index in [-0.39, 0.29) is 11.5 Å². The number of hydrogen-bond acceptors (Lipinski definition) is 5. The zero-order valence-corrected chi connectivity index (χ0v) is 16.6. The molecule has 0 radical (unpaired) electrons. The predicted octanol–water partition coefficient (Wildman–Crippen LogP) is 3.17. The van der Waals surface area contributed by atoms with Gasteiger partial charge in [-0.25, -0.2) is 13.1 Å². The summed E-state index contributed by atoms with van der Waals surface area (Å²) in [6.07, 6.45) is 3.63. The Morgan fingerprint density at radius 1 is 1.27 bits per heavy atom. The van der Waals surface area contributed by atoms with Crippen molar-refractivity contribution in [3.8, 4) is 11.1 Å². The monoisotopic (exact) mass is 435 g/mol. The average Bonchev–Trinajstić information content (AvgIpc) is 3.33. The Labute approximate surface area is 159 Å². The molecule has 1 heterocycles. The summed E-state index contributed by atoms with van der Waals surface area (Å²) in [4.78, 5) is 0.141. The van der Waals surface area contributed by atoms with Crippen LogP contribution < -0.4 is 0 Å². The van der Waals surface area contributed by atoms with Gasteiger partial charge in [0.1, 0.15) is 5.52 Å². The van der Waals surface area contributed by atoms with Crippen LogP contribution >= 0.6 is 15.9 Å². The third-order valence-corrected chi connectivity index (χ3v) is 6.68. The van der Waals surface area contributed by atoms with Gasteiger partial charge >= 0.3 is 0 Å². The van der Waals surface area contributed by atoms with Gasteiger partial charge in [0.25, 0.3) is 0 Å². The van der Waals surface area contributed by atoms with Crippen molar-refractivity contribution in [2.75, 3.05) is 6.26 Å². The molecular formula is C18H18BrN3O3S. The van der Waals surface area contributed by atoms with E-state index in [2.05, 4.69) is 26.2 Å². The SMILES string of the molecule is CS(=O)(=O)c1cc(-c2ccc3c(nnn3CC3CC3)c2Br)ccc1CO. The number of fused-ring (bicyclic) bond motifs is 1. The lowest BCUT2D eigenvalue weighted by Crippen LogP contribution is -2.03. The van der Waals surface area contributed by atoms with E-state index in [1.54, 1.807) is 18.2 Å². The summed E-state index contributed by atoms with van der Waals surface area (Å²) >= 11 is 3.61. The lowest BCUT2D eigenvalue weighted by atomic mass is 10.0. The van der Waals surface area contributed by atoms with Crippen molar-refractivity contribution in [2.45, 2.75) is 30.9 Å². The minimum Gasteiger partial charge on any atom is -0.392 e. The smallest absolute Gasteiger partial charge is 0.175 e. The van der Waals surface area contributed by atoms with E-state index in [9.17, 15) is 13.5 Å². The molecule has 0 bridgehead atoms. The molecule has 1 N–H and O–H groups in total. The maximum atomic E-state index is 12.1. The molecule has 1 saturated carbocycles. The summed E-state index contributed by atoms with van der Waals surface area (Å²) < 4.78 is 26.8. The van der Waals surface area contributed by atoms with E-state index in [0.717, 1.165) is 39.4 Å². The molecule has 0 unspecified atom stereocenters. The molecule has 2 aromatic carbocycles. The largest absolute Gasteiger partial charge is 0.392 e. The number of nitrogens with zero attached hydrogens (tertiary/aromatic N) is 3. The van der Waals surface area contributed by atoms with Crippen molar-refractivity contribution in [3.63, 3.8) is 0 Å². The van der Waals surface area contributed by atoms with Crippen molar-refractivity contribution < 1.29 is 13.5 Å². The Morgan fingerprint density at radius 2 is 2.04 bits per heavy atom. The van der Waals surface area contributed by atoms with Crippen LogP contribution in [0.5, 0.6) is 0 Å². The first kappa shape index (κ1) is 17.6. The topological polar surface area (TPSA) is 85.1 Å². The van der Waals surface area contributed by atoms with Crippen molar-refractivity contribution in [2.24, 2.45) is 5.92 Å². The van der Waals surface area contributed by atoms with Crippen molar-refractivity contribution >= 4 is 36.8 Å². The van der Waals surface area contributed by atoms with Gasteiger partial charge in [-0.1, -0.05) is 23.4 Å². The summed E-state index contributed by atoms with van der Waals surface area (Å²) in [5.74, 6) is 0.696. The number of hydrogen-bond donors (Lipinski definition) is 1. The van der Waals surface area contributed by atoms with Crippen LogP contribution in [0.4, 0.5) is 0 Å². The van der Waals surface area contributed by atoms with Gasteiger partial charge in [-0.15, -0.1) is 5.10 Å². The molecule has 0 aliphatic heterocycles. The maximum absolute atomic E-state index is 12.1. The quantitative estimate of drug-likeness (QED) is 0.664. The fourth-order valence-electron chi connectivity index (χ4n) is 3.11. The molecule has 0 amide bonds. The van der Waals surface area contributed by atoms with E-state index >= 15 is 0 Å². The minimum absolute atomic E-state index is 0.141. The summed E-state index contributed by atoms with van der Waals surface area (Å²) in [5, 5.41) is 18.0. The van der Waals surface area contributed by atoms with Crippen molar-refractivity contribution in [1.82, 2.24) is 15.0 Å². The van der Waals surface area contributed by atoms with Crippen LogP contribution in [0.1, 0.15) is 18.4 Å². The van der Waals surface area contributed by atoms with Gasteiger partial charge < -0.3 is 5.11 Å². The van der Waals surface area contributed by atoms with Gasteiger partial charge in [0.15, 0.2) is 9.84 Å². The third kappa shape index (κ3) is 3.17. The van der Waals surface area contributed by atoms with Gasteiger partial charge in [-0.05, 0) is 63.5 Å². The van der Waals surface area contributed by atoms with E-state index in [1.165, 1.54) is 12.8 Å². The second kappa shape index (κ2) is 6.44. The van der Waals surface area contributed by atoms with Gasteiger partial charge in [-0.3, -0.25) is 0 Å². The number of aromatic nitrogens is 3. The molecule has 1 fully saturated rings. The molecule has 136 valence electrons.